The van der Waals surface area contributed by atoms with Crippen LogP contribution in [0.4, 0.5) is 0 Å². The molecule has 0 aliphatic carbocycles. The van der Waals surface area contributed by atoms with Gasteiger partial charge in [0, 0.05) is 31.0 Å². The zero-order valence-corrected chi connectivity index (χ0v) is 10.5. The van der Waals surface area contributed by atoms with Gasteiger partial charge < -0.3 is 10.4 Å². The van der Waals surface area contributed by atoms with Crippen molar-refractivity contribution in [1.29, 1.82) is 0 Å². The Labute approximate surface area is 97.7 Å². The number of nitrogens with one attached hydrogen (secondary N) is 1. The molecule has 2 N–H and O–H groups in total. The number of aliphatic hydroxyl groups excluding tert-OH is 1. The second kappa shape index (κ2) is 6.66. The largest absolute Gasteiger partial charge is 0.396 e. The van der Waals surface area contributed by atoms with E-state index in [1.807, 2.05) is 11.6 Å². The van der Waals surface area contributed by atoms with E-state index < -0.39 is 0 Å². The highest BCUT2D eigenvalue weighted by Crippen LogP contribution is 2.10. The Morgan fingerprint density at radius 2 is 2.19 bits per heavy atom. The van der Waals surface area contributed by atoms with Gasteiger partial charge in [-0.15, -0.1) is 0 Å². The van der Waals surface area contributed by atoms with Crippen molar-refractivity contribution in [2.45, 2.75) is 46.2 Å². The van der Waals surface area contributed by atoms with Crippen molar-refractivity contribution in [1.82, 2.24) is 15.1 Å². The van der Waals surface area contributed by atoms with Gasteiger partial charge in [0.05, 0.1) is 5.69 Å². The molecule has 92 valence electrons. The molecule has 16 heavy (non-hydrogen) atoms. The van der Waals surface area contributed by atoms with Gasteiger partial charge in [0.15, 0.2) is 0 Å². The van der Waals surface area contributed by atoms with Crippen molar-refractivity contribution in [2.24, 2.45) is 0 Å². The zero-order valence-electron chi connectivity index (χ0n) is 10.5. The maximum Gasteiger partial charge on any atom is 0.0638 e. The predicted molar refractivity (Wildman–Crippen MR) is 65.4 cm³/mol. The van der Waals surface area contributed by atoms with E-state index in [1.165, 1.54) is 5.56 Å². The molecule has 0 fully saturated rings. The zero-order chi connectivity index (χ0) is 12.0. The SMILES string of the molecule is Cc1nn(C(C)C)cc1CNCCCCO. The molecule has 0 atom stereocenters. The first-order valence-electron chi connectivity index (χ1n) is 6.01. The molecule has 0 amide bonds. The lowest BCUT2D eigenvalue weighted by atomic mass is 10.2. The van der Waals surface area contributed by atoms with Crippen LogP contribution in [0.1, 0.15) is 44.0 Å². The van der Waals surface area contributed by atoms with Crippen LogP contribution in [0, 0.1) is 6.92 Å². The number of aromatic nitrogens is 2. The molecule has 0 bridgehead atoms. The number of hydrogen-bond acceptors (Lipinski definition) is 3. The highest BCUT2D eigenvalue weighted by atomic mass is 16.2. The van der Waals surface area contributed by atoms with Crippen molar-refractivity contribution in [3.05, 3.63) is 17.5 Å². The summed E-state index contributed by atoms with van der Waals surface area (Å²) < 4.78 is 2.00. The molecule has 0 unspecified atom stereocenters. The summed E-state index contributed by atoms with van der Waals surface area (Å²) in [5, 5.41) is 16.5. The smallest absolute Gasteiger partial charge is 0.0638 e. The number of unbranched alkanes of at least 4 members (excludes halogenated alkanes) is 1. The van der Waals surface area contributed by atoms with E-state index in [0.717, 1.165) is 31.6 Å². The maximum absolute atomic E-state index is 8.65. The van der Waals surface area contributed by atoms with Crippen LogP contribution in [0.25, 0.3) is 0 Å². The predicted octanol–water partition coefficient (Wildman–Crippen LogP) is 1.63. The summed E-state index contributed by atoms with van der Waals surface area (Å²) in [6.45, 7) is 8.41. The molecule has 1 aromatic heterocycles. The van der Waals surface area contributed by atoms with Crippen LogP contribution in [0.3, 0.4) is 0 Å². The van der Waals surface area contributed by atoms with Gasteiger partial charge in [-0.25, -0.2) is 0 Å². The highest BCUT2D eigenvalue weighted by molar-refractivity contribution is 5.15. The molecule has 1 rings (SSSR count). The normalized spacial score (nSPS) is 11.3. The van der Waals surface area contributed by atoms with E-state index >= 15 is 0 Å². The summed E-state index contributed by atoms with van der Waals surface area (Å²) in [6.07, 6.45) is 4.00. The minimum atomic E-state index is 0.284. The van der Waals surface area contributed by atoms with Crippen LogP contribution < -0.4 is 5.32 Å². The van der Waals surface area contributed by atoms with Crippen LogP contribution in [0.5, 0.6) is 0 Å². The summed E-state index contributed by atoms with van der Waals surface area (Å²) >= 11 is 0. The van der Waals surface area contributed by atoms with Crippen LogP contribution in [-0.2, 0) is 6.54 Å². The minimum Gasteiger partial charge on any atom is -0.396 e. The van der Waals surface area contributed by atoms with Gasteiger partial charge in [-0.1, -0.05) is 0 Å². The summed E-state index contributed by atoms with van der Waals surface area (Å²) in [5.41, 5.74) is 2.36. The maximum atomic E-state index is 8.65. The molecule has 1 heterocycles. The lowest BCUT2D eigenvalue weighted by Crippen LogP contribution is -2.15. The third-order valence-corrected chi connectivity index (χ3v) is 2.62. The van der Waals surface area contributed by atoms with Gasteiger partial charge in [-0.05, 0) is 40.2 Å². The summed E-state index contributed by atoms with van der Waals surface area (Å²) in [5.74, 6) is 0. The molecule has 0 aliphatic rings. The van der Waals surface area contributed by atoms with Crippen molar-refractivity contribution in [2.75, 3.05) is 13.2 Å². The summed E-state index contributed by atoms with van der Waals surface area (Å²) in [6, 6.07) is 0.418. The first-order chi connectivity index (χ1) is 7.65. The van der Waals surface area contributed by atoms with Gasteiger partial charge in [0.25, 0.3) is 0 Å². The van der Waals surface area contributed by atoms with Gasteiger partial charge in [-0.2, -0.15) is 5.10 Å². The third kappa shape index (κ3) is 3.94. The Kier molecular flexibility index (Phi) is 5.49. The minimum absolute atomic E-state index is 0.284. The van der Waals surface area contributed by atoms with Crippen LogP contribution in [-0.4, -0.2) is 28.0 Å². The van der Waals surface area contributed by atoms with Crippen LogP contribution in [0.15, 0.2) is 6.20 Å². The first-order valence-corrected chi connectivity index (χ1v) is 6.01. The van der Waals surface area contributed by atoms with E-state index in [2.05, 4.69) is 30.5 Å². The Bertz CT molecular complexity index is 307. The molecule has 0 aliphatic heterocycles. The van der Waals surface area contributed by atoms with E-state index in [4.69, 9.17) is 5.11 Å². The molecule has 0 saturated carbocycles. The van der Waals surface area contributed by atoms with Crippen molar-refractivity contribution < 1.29 is 5.11 Å². The average Bonchev–Trinajstić information content (AvgIpc) is 2.60. The van der Waals surface area contributed by atoms with Crippen molar-refractivity contribution in [3.63, 3.8) is 0 Å². The fraction of sp³-hybridized carbons (Fsp3) is 0.750. The average molecular weight is 225 g/mol. The second-order valence-electron chi connectivity index (χ2n) is 4.42. The summed E-state index contributed by atoms with van der Waals surface area (Å²) in [7, 11) is 0. The quantitative estimate of drug-likeness (QED) is 0.694. The van der Waals surface area contributed by atoms with E-state index in [1.54, 1.807) is 0 Å². The van der Waals surface area contributed by atoms with Crippen molar-refractivity contribution in [3.8, 4) is 0 Å². The Hall–Kier alpha value is -0.870. The van der Waals surface area contributed by atoms with Gasteiger partial charge >= 0.3 is 0 Å². The number of aryl methyl sites for hydroxylation is 1. The highest BCUT2D eigenvalue weighted by Gasteiger charge is 2.06. The van der Waals surface area contributed by atoms with Crippen molar-refractivity contribution >= 4 is 0 Å². The summed E-state index contributed by atoms with van der Waals surface area (Å²) in [4.78, 5) is 0. The fourth-order valence-corrected chi connectivity index (χ4v) is 1.54. The number of aliphatic hydroxyl groups is 1. The second-order valence-corrected chi connectivity index (χ2v) is 4.42. The topological polar surface area (TPSA) is 50.1 Å². The number of hydrogen-bond donors (Lipinski definition) is 2. The number of rotatable bonds is 7. The Morgan fingerprint density at radius 1 is 1.44 bits per heavy atom. The lowest BCUT2D eigenvalue weighted by molar-refractivity contribution is 0.283. The fourth-order valence-electron chi connectivity index (χ4n) is 1.54. The molecule has 0 radical (unpaired) electrons. The molecule has 4 heteroatoms. The van der Waals surface area contributed by atoms with E-state index in [0.29, 0.717) is 6.04 Å². The molecular weight excluding hydrogens is 202 g/mol. The Balaban J connectivity index is 2.36. The van der Waals surface area contributed by atoms with E-state index in [9.17, 15) is 0 Å². The van der Waals surface area contributed by atoms with Gasteiger partial charge in [0.2, 0.25) is 0 Å². The number of nitrogens with zero attached hydrogens (tertiary/aromatic N) is 2. The first kappa shape index (κ1) is 13.2. The molecule has 4 nitrogen and oxygen atoms in total. The van der Waals surface area contributed by atoms with E-state index in [-0.39, 0.29) is 6.61 Å². The molecule has 0 saturated heterocycles. The Morgan fingerprint density at radius 3 is 2.75 bits per heavy atom. The molecule has 0 spiro atoms. The standard InChI is InChI=1S/C12H23N3O/c1-10(2)15-9-12(11(3)14-15)8-13-6-4-5-7-16/h9-10,13,16H,4-8H2,1-3H3. The van der Waals surface area contributed by atoms with Crippen LogP contribution >= 0.6 is 0 Å². The molecular formula is C12H23N3O. The van der Waals surface area contributed by atoms with Gasteiger partial charge in [-0.3, -0.25) is 4.68 Å². The van der Waals surface area contributed by atoms with Crippen LogP contribution in [0.2, 0.25) is 0 Å². The molecule has 0 aromatic carbocycles. The lowest BCUT2D eigenvalue weighted by Gasteiger charge is -2.03. The monoisotopic (exact) mass is 225 g/mol. The molecule has 1 aromatic rings. The van der Waals surface area contributed by atoms with Gasteiger partial charge in [0.1, 0.15) is 0 Å². The third-order valence-electron chi connectivity index (χ3n) is 2.62.